The SMILES string of the molecule is C#C[C@@H](C)[C@@H](O)Cc1ccccc1. The molecule has 0 aromatic heterocycles. The van der Waals surface area contributed by atoms with Gasteiger partial charge >= 0.3 is 0 Å². The van der Waals surface area contributed by atoms with Crippen molar-refractivity contribution in [3.8, 4) is 12.3 Å². The fourth-order valence-electron chi connectivity index (χ4n) is 1.14. The van der Waals surface area contributed by atoms with Crippen LogP contribution in [-0.2, 0) is 6.42 Å². The number of aliphatic hydroxyl groups excluding tert-OH is 1. The van der Waals surface area contributed by atoms with E-state index in [-0.39, 0.29) is 5.92 Å². The van der Waals surface area contributed by atoms with Crippen LogP contribution in [0.2, 0.25) is 0 Å². The molecule has 0 saturated carbocycles. The molecule has 0 aliphatic carbocycles. The molecule has 0 radical (unpaired) electrons. The van der Waals surface area contributed by atoms with E-state index in [9.17, 15) is 5.11 Å². The summed E-state index contributed by atoms with van der Waals surface area (Å²) in [6.45, 7) is 1.85. The van der Waals surface area contributed by atoms with E-state index in [0.29, 0.717) is 6.42 Å². The van der Waals surface area contributed by atoms with Crippen molar-refractivity contribution < 1.29 is 5.11 Å². The molecule has 1 heteroatoms. The molecule has 1 aromatic rings. The van der Waals surface area contributed by atoms with Gasteiger partial charge in [0.25, 0.3) is 0 Å². The highest BCUT2D eigenvalue weighted by molar-refractivity contribution is 5.16. The molecule has 0 bridgehead atoms. The quantitative estimate of drug-likeness (QED) is 0.693. The number of terminal acetylenes is 1. The maximum absolute atomic E-state index is 9.63. The molecular weight excluding hydrogens is 160 g/mol. The summed E-state index contributed by atoms with van der Waals surface area (Å²) < 4.78 is 0. The highest BCUT2D eigenvalue weighted by atomic mass is 16.3. The molecule has 13 heavy (non-hydrogen) atoms. The fourth-order valence-corrected chi connectivity index (χ4v) is 1.14. The van der Waals surface area contributed by atoms with E-state index < -0.39 is 6.10 Å². The van der Waals surface area contributed by atoms with Crippen LogP contribution in [0.15, 0.2) is 30.3 Å². The minimum atomic E-state index is -0.438. The van der Waals surface area contributed by atoms with Gasteiger partial charge in [0, 0.05) is 5.92 Å². The molecule has 68 valence electrons. The normalized spacial score (nSPS) is 14.5. The Morgan fingerprint density at radius 1 is 1.38 bits per heavy atom. The molecule has 2 atom stereocenters. The Labute approximate surface area is 79.4 Å². The number of hydrogen-bond acceptors (Lipinski definition) is 1. The second-order valence-corrected chi connectivity index (χ2v) is 3.21. The van der Waals surface area contributed by atoms with Crippen molar-refractivity contribution in [2.45, 2.75) is 19.4 Å². The third-order valence-electron chi connectivity index (χ3n) is 2.13. The van der Waals surface area contributed by atoms with Crippen LogP contribution >= 0.6 is 0 Å². The zero-order valence-electron chi connectivity index (χ0n) is 7.77. The number of hydrogen-bond donors (Lipinski definition) is 1. The zero-order chi connectivity index (χ0) is 9.68. The van der Waals surface area contributed by atoms with Crippen molar-refractivity contribution in [1.82, 2.24) is 0 Å². The minimum Gasteiger partial charge on any atom is -0.392 e. The molecule has 1 rings (SSSR count). The summed E-state index contributed by atoms with van der Waals surface area (Å²) in [6.07, 6.45) is 5.41. The standard InChI is InChI=1S/C12H14O/c1-3-10(2)12(13)9-11-7-5-4-6-8-11/h1,4-8,10,12-13H,9H2,2H3/t10-,12+/m1/s1. The van der Waals surface area contributed by atoms with Gasteiger partial charge in [0.2, 0.25) is 0 Å². The monoisotopic (exact) mass is 174 g/mol. The topological polar surface area (TPSA) is 20.2 Å². The molecule has 0 aliphatic rings. The van der Waals surface area contributed by atoms with Gasteiger partial charge in [0.1, 0.15) is 0 Å². The Morgan fingerprint density at radius 2 is 2.00 bits per heavy atom. The Hall–Kier alpha value is -1.26. The Bertz CT molecular complexity index is 284. The maximum atomic E-state index is 9.63. The van der Waals surface area contributed by atoms with E-state index in [1.165, 1.54) is 0 Å². The predicted molar refractivity (Wildman–Crippen MR) is 54.1 cm³/mol. The van der Waals surface area contributed by atoms with Crippen molar-refractivity contribution in [3.63, 3.8) is 0 Å². The zero-order valence-corrected chi connectivity index (χ0v) is 7.77. The summed E-state index contributed by atoms with van der Waals surface area (Å²) in [5, 5.41) is 9.63. The van der Waals surface area contributed by atoms with Crippen LogP contribution in [0.4, 0.5) is 0 Å². The lowest BCUT2D eigenvalue weighted by Gasteiger charge is -2.13. The maximum Gasteiger partial charge on any atom is 0.0715 e. The lowest BCUT2D eigenvalue weighted by Crippen LogP contribution is -2.18. The molecular formula is C12H14O. The fraction of sp³-hybridized carbons (Fsp3) is 0.333. The summed E-state index contributed by atoms with van der Waals surface area (Å²) in [5.74, 6) is 2.45. The van der Waals surface area contributed by atoms with Gasteiger partial charge in [-0.15, -0.1) is 12.3 Å². The van der Waals surface area contributed by atoms with Gasteiger partial charge in [0.15, 0.2) is 0 Å². The average molecular weight is 174 g/mol. The summed E-state index contributed by atoms with van der Waals surface area (Å²) in [6, 6.07) is 9.87. The molecule has 0 spiro atoms. The van der Waals surface area contributed by atoms with Crippen molar-refractivity contribution in [2.75, 3.05) is 0 Å². The van der Waals surface area contributed by atoms with Crippen molar-refractivity contribution >= 4 is 0 Å². The number of benzene rings is 1. The number of rotatable bonds is 3. The van der Waals surface area contributed by atoms with Gasteiger partial charge < -0.3 is 5.11 Å². The molecule has 0 saturated heterocycles. The third-order valence-corrected chi connectivity index (χ3v) is 2.13. The van der Waals surface area contributed by atoms with Crippen LogP contribution in [0.3, 0.4) is 0 Å². The van der Waals surface area contributed by atoms with Gasteiger partial charge in [-0.3, -0.25) is 0 Å². The Balaban J connectivity index is 2.56. The lowest BCUT2D eigenvalue weighted by molar-refractivity contribution is 0.142. The molecule has 0 aliphatic heterocycles. The third kappa shape index (κ3) is 2.93. The molecule has 0 fully saturated rings. The van der Waals surface area contributed by atoms with E-state index >= 15 is 0 Å². The van der Waals surface area contributed by atoms with Gasteiger partial charge in [-0.1, -0.05) is 30.3 Å². The summed E-state index contributed by atoms with van der Waals surface area (Å²) >= 11 is 0. The second kappa shape index (κ2) is 4.69. The number of aliphatic hydroxyl groups is 1. The highest BCUT2D eigenvalue weighted by Gasteiger charge is 2.11. The first-order chi connectivity index (χ1) is 6.24. The first-order valence-corrected chi connectivity index (χ1v) is 4.42. The van der Waals surface area contributed by atoms with E-state index in [2.05, 4.69) is 5.92 Å². The highest BCUT2D eigenvalue weighted by Crippen LogP contribution is 2.09. The van der Waals surface area contributed by atoms with Gasteiger partial charge in [-0.05, 0) is 18.9 Å². The van der Waals surface area contributed by atoms with Crippen molar-refractivity contribution in [2.24, 2.45) is 5.92 Å². The molecule has 1 N–H and O–H groups in total. The van der Waals surface area contributed by atoms with Gasteiger partial charge in [-0.2, -0.15) is 0 Å². The van der Waals surface area contributed by atoms with Crippen LogP contribution in [0.5, 0.6) is 0 Å². The molecule has 0 amide bonds. The van der Waals surface area contributed by atoms with E-state index in [4.69, 9.17) is 6.42 Å². The lowest BCUT2D eigenvalue weighted by atomic mass is 9.99. The minimum absolute atomic E-state index is 0.0831. The van der Waals surface area contributed by atoms with Crippen LogP contribution in [-0.4, -0.2) is 11.2 Å². The van der Waals surface area contributed by atoms with E-state index in [0.717, 1.165) is 5.56 Å². The first-order valence-electron chi connectivity index (χ1n) is 4.42. The van der Waals surface area contributed by atoms with Gasteiger partial charge in [0.05, 0.1) is 6.10 Å². The smallest absolute Gasteiger partial charge is 0.0715 e. The van der Waals surface area contributed by atoms with Crippen LogP contribution in [0.25, 0.3) is 0 Å². The Morgan fingerprint density at radius 3 is 2.54 bits per heavy atom. The molecule has 0 unspecified atom stereocenters. The second-order valence-electron chi connectivity index (χ2n) is 3.21. The largest absolute Gasteiger partial charge is 0.392 e. The molecule has 1 aromatic carbocycles. The van der Waals surface area contributed by atoms with Crippen molar-refractivity contribution in [1.29, 1.82) is 0 Å². The summed E-state index contributed by atoms with van der Waals surface area (Å²) in [4.78, 5) is 0. The van der Waals surface area contributed by atoms with E-state index in [1.54, 1.807) is 0 Å². The van der Waals surface area contributed by atoms with E-state index in [1.807, 2.05) is 37.3 Å². The predicted octanol–water partition coefficient (Wildman–Crippen LogP) is 1.86. The first kappa shape index (κ1) is 9.83. The average Bonchev–Trinajstić information content (AvgIpc) is 2.18. The Kier molecular flexibility index (Phi) is 3.54. The molecule has 0 heterocycles. The molecule has 1 nitrogen and oxygen atoms in total. The van der Waals surface area contributed by atoms with Crippen molar-refractivity contribution in [3.05, 3.63) is 35.9 Å². The van der Waals surface area contributed by atoms with Crippen LogP contribution < -0.4 is 0 Å². The van der Waals surface area contributed by atoms with Crippen LogP contribution in [0.1, 0.15) is 12.5 Å². The van der Waals surface area contributed by atoms with Crippen LogP contribution in [0, 0.1) is 18.3 Å². The van der Waals surface area contributed by atoms with Gasteiger partial charge in [-0.25, -0.2) is 0 Å². The summed E-state index contributed by atoms with van der Waals surface area (Å²) in [5.41, 5.74) is 1.12. The summed E-state index contributed by atoms with van der Waals surface area (Å²) in [7, 11) is 0.